The van der Waals surface area contributed by atoms with Crippen LogP contribution < -0.4 is 26.2 Å². The quantitative estimate of drug-likeness (QED) is 0.155. The first-order valence-corrected chi connectivity index (χ1v) is 24.6. The van der Waals surface area contributed by atoms with Gasteiger partial charge in [-0.05, 0) is 126 Å². The largest absolute Gasteiger partial charge is 0.455 e. The summed E-state index contributed by atoms with van der Waals surface area (Å²) in [6.07, 6.45) is 0. The van der Waals surface area contributed by atoms with Crippen LogP contribution >= 0.6 is 0 Å². The first kappa shape index (κ1) is 42.8. The number of hydrogen-bond donors (Lipinski definition) is 0. The van der Waals surface area contributed by atoms with Crippen molar-refractivity contribution in [2.24, 2.45) is 0 Å². The topological polar surface area (TPSA) is 19.6 Å². The van der Waals surface area contributed by atoms with E-state index in [2.05, 4.69) is 259 Å². The van der Waals surface area contributed by atoms with Gasteiger partial charge in [0.25, 0.3) is 6.71 Å². The molecule has 0 amide bonds. The molecule has 0 N–H and O–H groups in total. The smallest absolute Gasteiger partial charge is 0.252 e. The van der Waals surface area contributed by atoms with E-state index in [0.29, 0.717) is 5.92 Å². The molecule has 9 aromatic carbocycles. The highest BCUT2D eigenvalue weighted by Gasteiger charge is 2.44. The Labute approximate surface area is 407 Å². The van der Waals surface area contributed by atoms with E-state index < -0.39 is 0 Å². The first-order chi connectivity index (χ1) is 33.3. The van der Waals surface area contributed by atoms with Crippen molar-refractivity contribution < 1.29 is 4.42 Å². The Kier molecular flexibility index (Phi) is 9.94. The molecule has 3 nitrogen and oxygen atoms in total. The summed E-state index contributed by atoms with van der Waals surface area (Å²) in [5, 5.41) is 2.32. The molecule has 69 heavy (non-hydrogen) atoms. The third-order valence-corrected chi connectivity index (χ3v) is 14.8. The van der Waals surface area contributed by atoms with Gasteiger partial charge in [-0.3, -0.25) is 0 Å². The minimum atomic E-state index is -0.134. The van der Waals surface area contributed by atoms with Gasteiger partial charge in [0.1, 0.15) is 11.2 Å². The predicted octanol–water partition coefficient (Wildman–Crippen LogP) is 16.4. The molecule has 0 aliphatic carbocycles. The van der Waals surface area contributed by atoms with Gasteiger partial charge in [-0.1, -0.05) is 201 Å². The molecule has 0 atom stereocenters. The summed E-state index contributed by atoms with van der Waals surface area (Å²) >= 11 is 0. The van der Waals surface area contributed by atoms with Gasteiger partial charge in [-0.2, -0.15) is 0 Å². The molecule has 1 aromatic heterocycles. The van der Waals surface area contributed by atoms with Crippen LogP contribution in [0.1, 0.15) is 78.0 Å². The van der Waals surface area contributed by atoms with Crippen LogP contribution in [0.25, 0.3) is 55.3 Å². The van der Waals surface area contributed by atoms with Crippen LogP contribution in [0.5, 0.6) is 0 Å². The lowest BCUT2D eigenvalue weighted by molar-refractivity contribution is 0.590. The highest BCUT2D eigenvalue weighted by Crippen LogP contribution is 2.48. The zero-order chi connectivity index (χ0) is 47.3. The van der Waals surface area contributed by atoms with Crippen LogP contribution in [-0.4, -0.2) is 6.71 Å². The van der Waals surface area contributed by atoms with Gasteiger partial charge in [0.05, 0.1) is 0 Å². The molecule has 12 rings (SSSR count). The summed E-state index contributed by atoms with van der Waals surface area (Å²) in [6, 6.07) is 72.5. The van der Waals surface area contributed by atoms with E-state index in [0.717, 1.165) is 39.1 Å². The van der Waals surface area contributed by atoms with Gasteiger partial charge < -0.3 is 14.2 Å². The molecule has 0 unspecified atom stereocenters. The molecule has 2 aliphatic heterocycles. The number of hydrogen-bond acceptors (Lipinski definition) is 3. The second-order valence-electron chi connectivity index (χ2n) is 21.6. The van der Waals surface area contributed by atoms with Crippen molar-refractivity contribution in [3.63, 3.8) is 0 Å². The fourth-order valence-corrected chi connectivity index (χ4v) is 11.0. The molecule has 0 saturated carbocycles. The third-order valence-electron chi connectivity index (χ3n) is 14.8. The highest BCUT2D eigenvalue weighted by molar-refractivity contribution is 7.00. The molecular weight excluding hydrogens is 836 g/mol. The van der Waals surface area contributed by atoms with Crippen LogP contribution in [0.3, 0.4) is 0 Å². The maximum Gasteiger partial charge on any atom is 0.252 e. The average molecular weight is 893 g/mol. The van der Waals surface area contributed by atoms with Gasteiger partial charge in [-0.25, -0.2) is 0 Å². The van der Waals surface area contributed by atoms with Gasteiger partial charge in [0.2, 0.25) is 0 Å². The normalized spacial score (nSPS) is 13.3. The standard InChI is InChI=1S/C65H57BN2O/c1-41(2)51-21-15-23-53-54-24-16-22-52(63(54)69-62(51)53)45-27-33-49(34-28-45)67-57-36-29-46(43-19-13-10-14-20-43)37-56(57)66-55-35-30-47(64(3,4)5)38-58(55)68(60-40-48(65(6,7)8)39-59(67)61(60)66)50-31-25-44(26-32-50)42-17-11-9-12-18-42/h9-41H,1-8H3. The first-order valence-electron chi connectivity index (χ1n) is 24.6. The second-order valence-corrected chi connectivity index (χ2v) is 21.6. The second kappa shape index (κ2) is 16.0. The predicted molar refractivity (Wildman–Crippen MR) is 296 cm³/mol. The Morgan fingerprint density at radius 2 is 0.928 bits per heavy atom. The van der Waals surface area contributed by atoms with E-state index in [1.807, 2.05) is 0 Å². The lowest BCUT2D eigenvalue weighted by Crippen LogP contribution is -2.61. The van der Waals surface area contributed by atoms with Crippen LogP contribution in [-0.2, 0) is 10.8 Å². The number of nitrogens with zero attached hydrogens (tertiary/aromatic N) is 2. The van der Waals surface area contributed by atoms with Gasteiger partial charge in [0, 0.05) is 50.5 Å². The number of para-hydroxylation sites is 2. The Balaban J connectivity index is 1.10. The highest BCUT2D eigenvalue weighted by atomic mass is 16.3. The van der Waals surface area contributed by atoms with E-state index in [-0.39, 0.29) is 17.5 Å². The summed E-state index contributed by atoms with van der Waals surface area (Å²) in [7, 11) is 0. The number of anilines is 6. The Morgan fingerprint density at radius 3 is 1.54 bits per heavy atom. The molecular formula is C65H57BN2O. The number of rotatable bonds is 6. The SMILES string of the molecule is CC(C)c1cccc2c1oc1c(-c3ccc(N4c5ccc(-c6ccccc6)cc5B5c6ccc(C(C)(C)C)cc6N(c6ccc(-c7ccccc7)cc6)c6cc(C(C)(C)C)cc4c65)cc3)cccc12. The number of furan rings is 1. The van der Waals surface area contributed by atoms with E-state index in [4.69, 9.17) is 4.42 Å². The van der Waals surface area contributed by atoms with Crippen molar-refractivity contribution in [3.05, 3.63) is 211 Å². The lowest BCUT2D eigenvalue weighted by Gasteiger charge is -2.45. The summed E-state index contributed by atoms with van der Waals surface area (Å²) in [6.45, 7) is 18.5. The summed E-state index contributed by atoms with van der Waals surface area (Å²) in [5.41, 5.74) is 23.7. The van der Waals surface area contributed by atoms with E-state index in [1.165, 1.54) is 83.5 Å². The van der Waals surface area contributed by atoms with Crippen LogP contribution in [0.15, 0.2) is 199 Å². The molecule has 2 aliphatic rings. The van der Waals surface area contributed by atoms with Crippen LogP contribution in [0.4, 0.5) is 34.1 Å². The Morgan fingerprint density at radius 1 is 0.406 bits per heavy atom. The minimum absolute atomic E-state index is 0.0107. The fourth-order valence-electron chi connectivity index (χ4n) is 11.0. The molecule has 336 valence electrons. The van der Waals surface area contributed by atoms with E-state index in [1.54, 1.807) is 0 Å². The lowest BCUT2D eigenvalue weighted by atomic mass is 9.33. The monoisotopic (exact) mass is 892 g/mol. The maximum atomic E-state index is 6.82. The van der Waals surface area contributed by atoms with Crippen molar-refractivity contribution in [3.8, 4) is 33.4 Å². The zero-order valence-electron chi connectivity index (χ0n) is 40.9. The van der Waals surface area contributed by atoms with Gasteiger partial charge in [-0.15, -0.1) is 0 Å². The van der Waals surface area contributed by atoms with E-state index in [9.17, 15) is 0 Å². The molecule has 4 heteroatoms. The van der Waals surface area contributed by atoms with E-state index >= 15 is 0 Å². The summed E-state index contributed by atoms with van der Waals surface area (Å²) in [4.78, 5) is 5.11. The van der Waals surface area contributed by atoms with Gasteiger partial charge >= 0.3 is 0 Å². The Bertz CT molecular complexity index is 3590. The molecule has 0 saturated heterocycles. The maximum absolute atomic E-state index is 6.82. The third kappa shape index (κ3) is 7.11. The van der Waals surface area contributed by atoms with Crippen molar-refractivity contribution in [2.75, 3.05) is 9.80 Å². The van der Waals surface area contributed by atoms with Crippen molar-refractivity contribution >= 4 is 79.2 Å². The van der Waals surface area contributed by atoms with Crippen molar-refractivity contribution in [1.82, 2.24) is 0 Å². The minimum Gasteiger partial charge on any atom is -0.455 e. The summed E-state index contributed by atoms with van der Waals surface area (Å²) < 4.78 is 6.82. The molecule has 3 heterocycles. The Hall–Kier alpha value is -7.56. The summed E-state index contributed by atoms with van der Waals surface area (Å²) in [5.74, 6) is 0.358. The number of benzene rings is 9. The number of fused-ring (bicyclic) bond motifs is 7. The molecule has 10 aromatic rings. The van der Waals surface area contributed by atoms with Crippen LogP contribution in [0, 0.1) is 0 Å². The van der Waals surface area contributed by atoms with Crippen molar-refractivity contribution in [2.45, 2.75) is 72.1 Å². The average Bonchev–Trinajstić information content (AvgIpc) is 3.75. The van der Waals surface area contributed by atoms with Crippen molar-refractivity contribution in [1.29, 1.82) is 0 Å². The molecule has 0 radical (unpaired) electrons. The molecule has 0 fully saturated rings. The van der Waals surface area contributed by atoms with Gasteiger partial charge in [0.15, 0.2) is 0 Å². The molecule has 0 spiro atoms. The molecule has 0 bridgehead atoms. The zero-order valence-corrected chi connectivity index (χ0v) is 40.9. The van der Waals surface area contributed by atoms with Crippen LogP contribution in [0.2, 0.25) is 0 Å². The fraction of sp³-hybridized carbons (Fsp3) is 0.169.